The van der Waals surface area contributed by atoms with Gasteiger partial charge in [-0.15, -0.1) is 0 Å². The molecule has 1 saturated carbocycles. The maximum Gasteiger partial charge on any atom is 0.251 e. The Morgan fingerprint density at radius 2 is 1.80 bits per heavy atom. The van der Waals surface area contributed by atoms with E-state index in [0.717, 1.165) is 12.8 Å². The topological polar surface area (TPSA) is 231 Å². The number of ether oxygens (including phenoxy) is 4. The molecule has 0 bridgehead atoms. The fourth-order valence-electron chi connectivity index (χ4n) is 6.02. The molecule has 1 aliphatic carbocycles. The molecule has 240 valence electrons. The molecule has 0 spiro atoms. The Hall–Kier alpha value is -1.01. The van der Waals surface area contributed by atoms with Crippen LogP contribution in [0.3, 0.4) is 0 Å². The molecule has 3 aliphatic rings. The van der Waals surface area contributed by atoms with Crippen LogP contribution in [-0.4, -0.2) is 131 Å². The largest absolute Gasteiger partial charge is 0.390 e. The van der Waals surface area contributed by atoms with Crippen molar-refractivity contribution in [2.45, 2.75) is 132 Å². The first kappa shape index (κ1) is 34.5. The average molecular weight is 593 g/mol. The number of rotatable bonds is 11. The minimum absolute atomic E-state index is 0.0178. The molecule has 14 heteroatoms. The zero-order chi connectivity index (χ0) is 30.6. The highest BCUT2D eigenvalue weighted by Crippen LogP contribution is 2.35. The standard InChI is InChI=1S/C27H52N4O10/c1-6-14-7-8-15(29)25(39-14)40-21-12(2)9-16(31-24(36)18(33)17(32)13(3)10-28)22(19(21)34)41-26-20(35)23(30-5)27(4,37)11-38-26/h12-23,25-26,30,32-35,37H,6-11,28-29H2,1-5H3,(H,31,36)/t12-,13-,14+,15?,16+,17-,18-,19?,20?,21?,22?,23+,25+,26+,27?/m0/s1. The average Bonchev–Trinajstić information content (AvgIpc) is 2.93. The van der Waals surface area contributed by atoms with Crippen molar-refractivity contribution in [3.05, 3.63) is 0 Å². The SMILES string of the molecule is CC[C@@H]1CCC(N)[C@@H](OC2C(O)C(O[C@H]3OCC(C)(O)[C@H](NC)C3O)[C@H](NC(=O)[C@@H](O)[C@@H](O)[C@@H](C)CN)C[C@@H]2C)O1. The second-order valence-electron chi connectivity index (χ2n) is 12.2. The molecule has 2 saturated heterocycles. The first-order chi connectivity index (χ1) is 19.2. The Balaban J connectivity index is 1.83. The first-order valence-electron chi connectivity index (χ1n) is 14.7. The van der Waals surface area contributed by atoms with Gasteiger partial charge in [-0.25, -0.2) is 0 Å². The number of aliphatic hydroxyl groups excluding tert-OH is 4. The number of amides is 1. The van der Waals surface area contributed by atoms with Gasteiger partial charge >= 0.3 is 0 Å². The molecule has 3 fully saturated rings. The molecule has 2 aliphatic heterocycles. The third-order valence-corrected chi connectivity index (χ3v) is 8.81. The Bertz CT molecular complexity index is 840. The van der Waals surface area contributed by atoms with Gasteiger partial charge in [-0.2, -0.15) is 0 Å². The van der Waals surface area contributed by atoms with Gasteiger partial charge in [-0.05, 0) is 58.0 Å². The summed E-state index contributed by atoms with van der Waals surface area (Å²) >= 11 is 0. The van der Waals surface area contributed by atoms with Crippen molar-refractivity contribution in [3.63, 3.8) is 0 Å². The van der Waals surface area contributed by atoms with Crippen LogP contribution in [0, 0.1) is 11.8 Å². The lowest BCUT2D eigenvalue weighted by Crippen LogP contribution is -2.68. The number of hydrogen-bond acceptors (Lipinski definition) is 13. The molecule has 14 nitrogen and oxygen atoms in total. The van der Waals surface area contributed by atoms with Gasteiger partial charge in [0, 0.05) is 0 Å². The fourth-order valence-corrected chi connectivity index (χ4v) is 6.02. The van der Waals surface area contributed by atoms with Gasteiger partial charge in [0.25, 0.3) is 5.91 Å². The van der Waals surface area contributed by atoms with E-state index in [2.05, 4.69) is 10.6 Å². The van der Waals surface area contributed by atoms with Crippen molar-refractivity contribution < 1.29 is 49.3 Å². The molecule has 6 unspecified atom stereocenters. The summed E-state index contributed by atoms with van der Waals surface area (Å²) in [5.74, 6) is -1.72. The molecule has 0 radical (unpaired) electrons. The van der Waals surface area contributed by atoms with E-state index in [1.165, 1.54) is 6.92 Å². The van der Waals surface area contributed by atoms with Crippen molar-refractivity contribution in [1.82, 2.24) is 10.6 Å². The van der Waals surface area contributed by atoms with E-state index in [9.17, 15) is 30.3 Å². The second kappa shape index (κ2) is 14.6. The maximum atomic E-state index is 13.0. The summed E-state index contributed by atoms with van der Waals surface area (Å²) in [6.07, 6.45) is -7.30. The van der Waals surface area contributed by atoms with E-state index in [4.69, 9.17) is 30.4 Å². The number of carbonyl (C=O) groups excluding carboxylic acids is 1. The summed E-state index contributed by atoms with van der Waals surface area (Å²) < 4.78 is 24.1. The first-order valence-corrected chi connectivity index (χ1v) is 14.7. The van der Waals surface area contributed by atoms with Gasteiger partial charge in [0.05, 0.1) is 43.0 Å². The molecular formula is C27H52N4O10. The number of hydrogen-bond donors (Lipinski definition) is 9. The van der Waals surface area contributed by atoms with E-state index in [-0.39, 0.29) is 31.6 Å². The van der Waals surface area contributed by atoms with Gasteiger partial charge in [-0.3, -0.25) is 4.79 Å². The van der Waals surface area contributed by atoms with Crippen LogP contribution in [0.15, 0.2) is 0 Å². The van der Waals surface area contributed by atoms with E-state index in [1.807, 2.05) is 13.8 Å². The molecule has 15 atom stereocenters. The van der Waals surface area contributed by atoms with Gasteiger partial charge in [0.15, 0.2) is 18.7 Å². The fraction of sp³-hybridized carbons (Fsp3) is 0.963. The summed E-state index contributed by atoms with van der Waals surface area (Å²) in [6, 6.07) is -2.06. The predicted molar refractivity (Wildman–Crippen MR) is 147 cm³/mol. The maximum absolute atomic E-state index is 13.0. The van der Waals surface area contributed by atoms with Crippen molar-refractivity contribution in [2.75, 3.05) is 20.2 Å². The van der Waals surface area contributed by atoms with Crippen LogP contribution >= 0.6 is 0 Å². The highest BCUT2D eigenvalue weighted by molar-refractivity contribution is 5.81. The third kappa shape index (κ3) is 7.94. The Labute approximate surface area is 242 Å². The van der Waals surface area contributed by atoms with Crippen LogP contribution in [-0.2, 0) is 23.7 Å². The van der Waals surface area contributed by atoms with Crippen molar-refractivity contribution in [2.24, 2.45) is 23.3 Å². The second-order valence-corrected chi connectivity index (χ2v) is 12.2. The van der Waals surface area contributed by atoms with Crippen molar-refractivity contribution in [1.29, 1.82) is 0 Å². The van der Waals surface area contributed by atoms with Crippen LogP contribution in [0.5, 0.6) is 0 Å². The van der Waals surface area contributed by atoms with Gasteiger partial charge in [-0.1, -0.05) is 20.8 Å². The van der Waals surface area contributed by atoms with Gasteiger partial charge in [0.2, 0.25) is 0 Å². The van der Waals surface area contributed by atoms with Crippen LogP contribution in [0.1, 0.15) is 53.4 Å². The zero-order valence-electron chi connectivity index (χ0n) is 24.8. The number of nitrogens with two attached hydrogens (primary N) is 2. The van der Waals surface area contributed by atoms with Crippen LogP contribution in [0.4, 0.5) is 0 Å². The lowest BCUT2D eigenvalue weighted by molar-refractivity contribution is -0.311. The number of carbonyl (C=O) groups is 1. The van der Waals surface area contributed by atoms with E-state index in [0.29, 0.717) is 6.42 Å². The molecular weight excluding hydrogens is 540 g/mol. The molecule has 0 aromatic carbocycles. The summed E-state index contributed by atoms with van der Waals surface area (Å²) in [6.45, 7) is 6.88. The van der Waals surface area contributed by atoms with Crippen LogP contribution < -0.4 is 22.1 Å². The normalized spacial score (nSPS) is 44.1. The van der Waals surface area contributed by atoms with Crippen LogP contribution in [0.25, 0.3) is 0 Å². The molecule has 11 N–H and O–H groups in total. The lowest BCUT2D eigenvalue weighted by Gasteiger charge is -2.49. The zero-order valence-corrected chi connectivity index (χ0v) is 24.8. The number of nitrogens with one attached hydrogen (secondary N) is 2. The Morgan fingerprint density at radius 3 is 2.41 bits per heavy atom. The van der Waals surface area contributed by atoms with Gasteiger partial charge < -0.3 is 66.6 Å². The monoisotopic (exact) mass is 592 g/mol. The minimum Gasteiger partial charge on any atom is -0.390 e. The lowest BCUT2D eigenvalue weighted by atomic mass is 9.79. The molecule has 0 aromatic heterocycles. The summed E-state index contributed by atoms with van der Waals surface area (Å²) in [7, 11) is 1.58. The quantitative estimate of drug-likeness (QED) is 0.119. The Morgan fingerprint density at radius 1 is 1.15 bits per heavy atom. The highest BCUT2D eigenvalue weighted by atomic mass is 16.7. The van der Waals surface area contributed by atoms with E-state index < -0.39 is 84.8 Å². The summed E-state index contributed by atoms with van der Waals surface area (Å²) in [5.41, 5.74) is 10.5. The van der Waals surface area contributed by atoms with Crippen LogP contribution in [0.2, 0.25) is 0 Å². The molecule has 3 rings (SSSR count). The minimum atomic E-state index is -1.77. The smallest absolute Gasteiger partial charge is 0.251 e. The molecule has 1 amide bonds. The van der Waals surface area contributed by atoms with E-state index >= 15 is 0 Å². The molecule has 41 heavy (non-hydrogen) atoms. The predicted octanol–water partition coefficient (Wildman–Crippen LogP) is -2.74. The van der Waals surface area contributed by atoms with Crippen molar-refractivity contribution >= 4 is 5.91 Å². The molecule has 0 aromatic rings. The summed E-state index contributed by atoms with van der Waals surface area (Å²) in [5, 5.41) is 59.6. The summed E-state index contributed by atoms with van der Waals surface area (Å²) in [4.78, 5) is 13.0. The van der Waals surface area contributed by atoms with Crippen molar-refractivity contribution in [3.8, 4) is 0 Å². The van der Waals surface area contributed by atoms with E-state index in [1.54, 1.807) is 14.0 Å². The number of aliphatic hydroxyl groups is 5. The Kier molecular flexibility index (Phi) is 12.3. The molecule has 2 heterocycles. The van der Waals surface area contributed by atoms with Gasteiger partial charge in [0.1, 0.15) is 23.9 Å². The third-order valence-electron chi connectivity index (χ3n) is 8.81. The number of likely N-dealkylation sites (N-methyl/N-ethyl adjacent to an activating group) is 1. The highest BCUT2D eigenvalue weighted by Gasteiger charge is 2.52.